The molecule has 2 amide bonds. The van der Waals surface area contributed by atoms with Crippen LogP contribution in [-0.2, 0) is 4.79 Å². The number of thiazole rings is 1. The zero-order valence-electron chi connectivity index (χ0n) is 17.2. The van der Waals surface area contributed by atoms with Crippen LogP contribution in [0.5, 0.6) is 0 Å². The van der Waals surface area contributed by atoms with Crippen LogP contribution in [0.1, 0.15) is 16.2 Å². The Bertz CT molecular complexity index is 1060. The highest BCUT2D eigenvalue weighted by Crippen LogP contribution is 2.29. The Morgan fingerprint density at radius 3 is 2.48 bits per heavy atom. The number of carbonyl (C=O) groups excluding carboxylic acids is 2. The molecule has 3 heterocycles. The van der Waals surface area contributed by atoms with Crippen LogP contribution in [0.25, 0.3) is 11.1 Å². The first-order valence-corrected chi connectivity index (χ1v) is 11.5. The molecule has 1 atom stereocenters. The van der Waals surface area contributed by atoms with Gasteiger partial charge in [0.25, 0.3) is 5.91 Å². The number of aromatic nitrogens is 1. The molecule has 2 fully saturated rings. The van der Waals surface area contributed by atoms with E-state index in [-0.39, 0.29) is 17.9 Å². The molecule has 7 heteroatoms. The molecule has 6 nitrogen and oxygen atoms in total. The van der Waals surface area contributed by atoms with Crippen molar-refractivity contribution in [1.82, 2.24) is 14.8 Å². The van der Waals surface area contributed by atoms with Crippen LogP contribution in [0.15, 0.2) is 66.2 Å². The molecule has 0 radical (unpaired) electrons. The van der Waals surface area contributed by atoms with Gasteiger partial charge in [0.1, 0.15) is 0 Å². The summed E-state index contributed by atoms with van der Waals surface area (Å²) in [5, 5.41) is 2.38. The quantitative estimate of drug-likeness (QED) is 0.634. The first-order chi connectivity index (χ1) is 15.2. The lowest BCUT2D eigenvalue weighted by Gasteiger charge is -2.37. The lowest BCUT2D eigenvalue weighted by atomic mass is 10.1. The Hall–Kier alpha value is -3.03. The fourth-order valence-electron chi connectivity index (χ4n) is 4.42. The number of nitrogens with zero attached hydrogens (tertiary/aromatic N) is 4. The molecule has 0 N–H and O–H groups in total. The van der Waals surface area contributed by atoms with E-state index in [1.165, 1.54) is 11.3 Å². The summed E-state index contributed by atoms with van der Waals surface area (Å²) in [6, 6.07) is 18.6. The van der Waals surface area contributed by atoms with Crippen molar-refractivity contribution in [3.8, 4) is 11.1 Å². The lowest BCUT2D eigenvalue weighted by molar-refractivity contribution is -0.117. The number of benzene rings is 2. The van der Waals surface area contributed by atoms with E-state index in [4.69, 9.17) is 0 Å². The monoisotopic (exact) mass is 432 g/mol. The summed E-state index contributed by atoms with van der Waals surface area (Å²) in [4.78, 5) is 35.6. The minimum atomic E-state index is 0.0106. The average Bonchev–Trinajstić information content (AvgIpc) is 3.50. The highest BCUT2D eigenvalue weighted by Gasteiger charge is 2.36. The van der Waals surface area contributed by atoms with Crippen molar-refractivity contribution in [3.05, 3.63) is 71.2 Å². The minimum Gasteiger partial charge on any atom is -0.334 e. The molecule has 31 heavy (non-hydrogen) atoms. The third-order valence-corrected chi connectivity index (χ3v) is 6.86. The first kappa shape index (κ1) is 19.9. The Kier molecular flexibility index (Phi) is 5.53. The van der Waals surface area contributed by atoms with E-state index < -0.39 is 0 Å². The van der Waals surface area contributed by atoms with E-state index in [1.54, 1.807) is 6.20 Å². The number of hydrogen-bond acceptors (Lipinski definition) is 5. The van der Waals surface area contributed by atoms with Gasteiger partial charge in [0.05, 0.1) is 0 Å². The van der Waals surface area contributed by atoms with Crippen LogP contribution < -0.4 is 4.90 Å². The number of anilines is 1. The molecule has 2 saturated heterocycles. The molecular formula is C24H24N4O2S. The molecule has 0 saturated carbocycles. The number of piperazine rings is 1. The third kappa shape index (κ3) is 4.11. The Morgan fingerprint density at radius 1 is 0.968 bits per heavy atom. The fourth-order valence-corrected chi connectivity index (χ4v) is 5.02. The maximum atomic E-state index is 12.8. The predicted octanol–water partition coefficient (Wildman–Crippen LogP) is 3.37. The Labute approximate surface area is 185 Å². The van der Waals surface area contributed by atoms with Gasteiger partial charge < -0.3 is 9.80 Å². The van der Waals surface area contributed by atoms with Gasteiger partial charge in [-0.05, 0) is 23.3 Å². The molecule has 2 aliphatic heterocycles. The van der Waals surface area contributed by atoms with Crippen LogP contribution in [-0.4, -0.2) is 65.4 Å². The van der Waals surface area contributed by atoms with Gasteiger partial charge >= 0.3 is 0 Å². The maximum Gasteiger partial charge on any atom is 0.282 e. The van der Waals surface area contributed by atoms with E-state index in [0.717, 1.165) is 29.9 Å². The highest BCUT2D eigenvalue weighted by atomic mass is 32.1. The average molecular weight is 433 g/mol. The molecular weight excluding hydrogens is 408 g/mol. The number of rotatable bonds is 4. The number of hydrogen-bond donors (Lipinski definition) is 0. The number of amides is 2. The van der Waals surface area contributed by atoms with Gasteiger partial charge in [0.2, 0.25) is 5.91 Å². The van der Waals surface area contributed by atoms with Crippen LogP contribution >= 0.6 is 11.3 Å². The summed E-state index contributed by atoms with van der Waals surface area (Å²) < 4.78 is 0. The summed E-state index contributed by atoms with van der Waals surface area (Å²) >= 11 is 1.38. The molecule has 5 rings (SSSR count). The van der Waals surface area contributed by atoms with Gasteiger partial charge in [0.15, 0.2) is 5.01 Å². The molecule has 158 valence electrons. The molecule has 2 aliphatic rings. The van der Waals surface area contributed by atoms with Crippen molar-refractivity contribution >= 4 is 28.8 Å². The SMILES string of the molecule is O=C(c1nccs1)N1CCN(C2CC(=O)N(c3cccc(-c4ccccc4)c3)C2)CC1. The number of carbonyl (C=O) groups is 2. The summed E-state index contributed by atoms with van der Waals surface area (Å²) in [5.74, 6) is 0.174. The van der Waals surface area contributed by atoms with Crippen LogP contribution in [0.3, 0.4) is 0 Å². The maximum absolute atomic E-state index is 12.8. The molecule has 2 aromatic carbocycles. The van der Waals surface area contributed by atoms with E-state index in [2.05, 4.69) is 34.1 Å². The standard InChI is InChI=1S/C24H24N4O2S/c29-22-16-21(26-10-12-27(13-11-26)24(30)23-25-9-14-31-23)17-28(22)20-8-4-7-19(15-20)18-5-2-1-3-6-18/h1-9,14-15,21H,10-13,16-17H2. The molecule has 0 spiro atoms. The van der Waals surface area contributed by atoms with Crippen molar-refractivity contribution < 1.29 is 9.59 Å². The smallest absolute Gasteiger partial charge is 0.282 e. The van der Waals surface area contributed by atoms with E-state index in [9.17, 15) is 9.59 Å². The molecule has 0 aliphatic carbocycles. The van der Waals surface area contributed by atoms with Gasteiger partial charge in [-0.15, -0.1) is 11.3 Å². The topological polar surface area (TPSA) is 56.8 Å². The third-order valence-electron chi connectivity index (χ3n) is 6.10. The second-order valence-electron chi connectivity index (χ2n) is 7.94. The van der Waals surface area contributed by atoms with Crippen molar-refractivity contribution in [2.75, 3.05) is 37.6 Å². The van der Waals surface area contributed by atoms with Crippen molar-refractivity contribution in [2.45, 2.75) is 12.5 Å². The van der Waals surface area contributed by atoms with E-state index in [1.807, 2.05) is 45.5 Å². The van der Waals surface area contributed by atoms with E-state index in [0.29, 0.717) is 31.1 Å². The van der Waals surface area contributed by atoms with Crippen molar-refractivity contribution in [1.29, 1.82) is 0 Å². The lowest BCUT2D eigenvalue weighted by Crippen LogP contribution is -2.52. The zero-order valence-corrected chi connectivity index (χ0v) is 18.0. The van der Waals surface area contributed by atoms with E-state index >= 15 is 0 Å². The summed E-state index contributed by atoms with van der Waals surface area (Å²) in [7, 11) is 0. The summed E-state index contributed by atoms with van der Waals surface area (Å²) in [5.41, 5.74) is 3.21. The predicted molar refractivity (Wildman–Crippen MR) is 122 cm³/mol. The molecule has 1 aromatic heterocycles. The molecule has 0 bridgehead atoms. The zero-order chi connectivity index (χ0) is 21.2. The second-order valence-corrected chi connectivity index (χ2v) is 8.84. The second kappa shape index (κ2) is 8.61. The van der Waals surface area contributed by atoms with Crippen molar-refractivity contribution in [2.24, 2.45) is 0 Å². The van der Waals surface area contributed by atoms with Crippen LogP contribution in [0.4, 0.5) is 5.69 Å². The minimum absolute atomic E-state index is 0.0106. The Morgan fingerprint density at radius 2 is 1.74 bits per heavy atom. The first-order valence-electron chi connectivity index (χ1n) is 10.6. The highest BCUT2D eigenvalue weighted by molar-refractivity contribution is 7.11. The normalized spacial score (nSPS) is 19.7. The van der Waals surface area contributed by atoms with Gasteiger partial charge in [-0.1, -0.05) is 42.5 Å². The fraction of sp³-hybridized carbons (Fsp3) is 0.292. The van der Waals surface area contributed by atoms with Gasteiger partial charge in [0, 0.05) is 62.5 Å². The summed E-state index contributed by atoms with van der Waals surface area (Å²) in [6.07, 6.45) is 2.19. The molecule has 3 aromatic rings. The van der Waals surface area contributed by atoms with Crippen LogP contribution in [0, 0.1) is 0 Å². The largest absolute Gasteiger partial charge is 0.334 e. The van der Waals surface area contributed by atoms with Gasteiger partial charge in [-0.25, -0.2) is 4.98 Å². The molecule has 1 unspecified atom stereocenters. The van der Waals surface area contributed by atoms with Gasteiger partial charge in [-0.3, -0.25) is 14.5 Å². The Balaban J connectivity index is 1.24. The van der Waals surface area contributed by atoms with Gasteiger partial charge in [-0.2, -0.15) is 0 Å². The van der Waals surface area contributed by atoms with Crippen molar-refractivity contribution in [3.63, 3.8) is 0 Å². The summed E-state index contributed by atoms with van der Waals surface area (Å²) in [6.45, 7) is 3.61. The van der Waals surface area contributed by atoms with Crippen LogP contribution in [0.2, 0.25) is 0 Å².